The summed E-state index contributed by atoms with van der Waals surface area (Å²) < 4.78 is 13.6. The molecule has 0 aromatic carbocycles. The zero-order chi connectivity index (χ0) is 30.3. The first-order chi connectivity index (χ1) is 19.9. The van der Waals surface area contributed by atoms with E-state index in [1.807, 2.05) is 43.1 Å². The molecule has 1 rings (SSSR count). The van der Waals surface area contributed by atoms with Gasteiger partial charge in [-0.1, -0.05) is 69.0 Å². The van der Waals surface area contributed by atoms with Gasteiger partial charge in [-0.05, 0) is 88.7 Å². The standard InChI is InChI=1S/C35H50FN3O2/c1-6-18-31(22-12-16-27-40)21-11-13-24-37-34(28-29(4)35(41)39-25-14-9-10-15-26-39)33(8-3)38-30(5)20-17-23-32(36)19-7-2/h6-8,12,17-19,22-23,28,30,40H,1-3,9-11,13-16,20-21,24-27H2,4-5H3/b22-12+,23-17-,29-28+,31-18-,32-19+,37-34?,38-33?. The molecule has 1 atom stereocenters. The Balaban J connectivity index is 3.11. The number of nitrogens with zero attached hydrogens (tertiary/aromatic N) is 3. The maximum Gasteiger partial charge on any atom is 0.249 e. The fraction of sp³-hybridized carbons (Fsp3) is 0.457. The van der Waals surface area contributed by atoms with Crippen molar-refractivity contribution >= 4 is 17.3 Å². The molecular weight excluding hydrogens is 513 g/mol. The number of carbonyl (C=O) groups excluding carboxylic acids is 1. The second kappa shape index (κ2) is 22.3. The SMILES string of the molecule is C=C/C=C(\C=C\CCO)CCCCN=C(/C=C(\C)C(=O)N1CCCCCC1)C(C=C)=NC(C)C/C=C\C(F)=C/C=C. The molecule has 1 saturated heterocycles. The fourth-order valence-corrected chi connectivity index (χ4v) is 4.37. The van der Waals surface area contributed by atoms with Gasteiger partial charge in [0.25, 0.3) is 0 Å². The van der Waals surface area contributed by atoms with E-state index in [9.17, 15) is 9.18 Å². The highest BCUT2D eigenvalue weighted by Crippen LogP contribution is 2.14. The lowest BCUT2D eigenvalue weighted by Gasteiger charge is -2.20. The van der Waals surface area contributed by atoms with E-state index >= 15 is 0 Å². The molecule has 41 heavy (non-hydrogen) atoms. The number of aliphatic hydroxyl groups is 1. The number of hydrogen-bond acceptors (Lipinski definition) is 4. The predicted molar refractivity (Wildman–Crippen MR) is 174 cm³/mol. The largest absolute Gasteiger partial charge is 0.396 e. The Morgan fingerprint density at radius 2 is 1.71 bits per heavy atom. The summed E-state index contributed by atoms with van der Waals surface area (Å²) in [5, 5.41) is 9.02. The Bertz CT molecular complexity index is 1050. The van der Waals surface area contributed by atoms with Gasteiger partial charge in [-0.15, -0.1) is 0 Å². The summed E-state index contributed by atoms with van der Waals surface area (Å²) in [6.07, 6.45) is 25.4. The Kier molecular flexibility index (Phi) is 19.4. The molecule has 0 radical (unpaired) electrons. The van der Waals surface area contributed by atoms with Gasteiger partial charge >= 0.3 is 0 Å². The van der Waals surface area contributed by atoms with Gasteiger partial charge in [0.2, 0.25) is 5.91 Å². The number of rotatable bonds is 18. The molecule has 0 bridgehead atoms. The van der Waals surface area contributed by atoms with Crippen molar-refractivity contribution < 1.29 is 14.3 Å². The second-order valence-corrected chi connectivity index (χ2v) is 10.1. The quantitative estimate of drug-likeness (QED) is 0.0795. The first-order valence-electron chi connectivity index (χ1n) is 14.8. The number of halogens is 1. The lowest BCUT2D eigenvalue weighted by atomic mass is 10.1. The van der Waals surface area contributed by atoms with Crippen LogP contribution in [0.3, 0.4) is 0 Å². The Labute approximate surface area is 247 Å². The summed E-state index contributed by atoms with van der Waals surface area (Å²) in [5.41, 5.74) is 3.05. The summed E-state index contributed by atoms with van der Waals surface area (Å²) >= 11 is 0. The van der Waals surface area contributed by atoms with Gasteiger partial charge in [-0.25, -0.2) is 4.39 Å². The summed E-state index contributed by atoms with van der Waals surface area (Å²) in [5.74, 6) is -0.319. The zero-order valence-electron chi connectivity index (χ0n) is 25.2. The average molecular weight is 564 g/mol. The molecule has 6 heteroatoms. The van der Waals surface area contributed by atoms with Crippen molar-refractivity contribution in [3.8, 4) is 0 Å². The van der Waals surface area contributed by atoms with E-state index in [1.165, 1.54) is 18.2 Å². The van der Waals surface area contributed by atoms with Crippen LogP contribution in [0.25, 0.3) is 0 Å². The molecule has 0 spiro atoms. The van der Waals surface area contributed by atoms with Gasteiger partial charge in [-0.2, -0.15) is 0 Å². The van der Waals surface area contributed by atoms with Crippen molar-refractivity contribution in [3.05, 3.63) is 97.5 Å². The lowest BCUT2D eigenvalue weighted by Crippen LogP contribution is -2.32. The molecule has 1 fully saturated rings. The molecule has 5 nitrogen and oxygen atoms in total. The normalized spacial score (nSPS) is 17.2. The van der Waals surface area contributed by atoms with Gasteiger partial charge in [0, 0.05) is 31.8 Å². The van der Waals surface area contributed by atoms with Gasteiger partial charge in [0.15, 0.2) is 0 Å². The van der Waals surface area contributed by atoms with Crippen LogP contribution in [-0.4, -0.2) is 59.6 Å². The number of likely N-dealkylation sites (tertiary alicyclic amines) is 1. The van der Waals surface area contributed by atoms with E-state index in [2.05, 4.69) is 19.7 Å². The van der Waals surface area contributed by atoms with E-state index in [1.54, 1.807) is 18.2 Å². The first kappa shape index (κ1) is 35.6. The predicted octanol–water partition coefficient (Wildman–Crippen LogP) is 8.00. The molecule has 0 saturated carbocycles. The van der Waals surface area contributed by atoms with Crippen molar-refractivity contribution in [2.24, 2.45) is 9.98 Å². The van der Waals surface area contributed by atoms with E-state index in [0.29, 0.717) is 36.4 Å². The second-order valence-electron chi connectivity index (χ2n) is 10.1. The molecule has 1 N–H and O–H groups in total. The Morgan fingerprint density at radius 1 is 1.00 bits per heavy atom. The average Bonchev–Trinajstić information content (AvgIpc) is 3.24. The summed E-state index contributed by atoms with van der Waals surface area (Å²) in [7, 11) is 0. The Morgan fingerprint density at radius 3 is 2.34 bits per heavy atom. The minimum Gasteiger partial charge on any atom is -0.396 e. The number of aliphatic imine (C=N–C) groups is 2. The van der Waals surface area contributed by atoms with Crippen LogP contribution in [-0.2, 0) is 4.79 Å². The van der Waals surface area contributed by atoms with Crippen molar-refractivity contribution in [1.29, 1.82) is 0 Å². The molecule has 1 aliphatic rings. The molecule has 1 amide bonds. The van der Waals surface area contributed by atoms with Gasteiger partial charge in [0.1, 0.15) is 5.83 Å². The van der Waals surface area contributed by atoms with Crippen molar-refractivity contribution in [2.75, 3.05) is 26.2 Å². The zero-order valence-corrected chi connectivity index (χ0v) is 25.2. The van der Waals surface area contributed by atoms with E-state index in [4.69, 9.17) is 15.1 Å². The molecule has 0 aromatic heterocycles. The smallest absolute Gasteiger partial charge is 0.249 e. The van der Waals surface area contributed by atoms with E-state index < -0.39 is 0 Å². The highest BCUT2D eigenvalue weighted by atomic mass is 19.1. The number of carbonyl (C=O) groups is 1. The molecule has 224 valence electrons. The summed E-state index contributed by atoms with van der Waals surface area (Å²) in [6, 6.07) is -0.131. The molecule has 0 aromatic rings. The van der Waals surface area contributed by atoms with Crippen LogP contribution in [0.4, 0.5) is 4.39 Å². The van der Waals surface area contributed by atoms with Gasteiger partial charge in [-0.3, -0.25) is 14.8 Å². The van der Waals surface area contributed by atoms with Crippen molar-refractivity contribution in [1.82, 2.24) is 4.90 Å². The fourth-order valence-electron chi connectivity index (χ4n) is 4.37. The monoisotopic (exact) mass is 563 g/mol. The first-order valence-corrected chi connectivity index (χ1v) is 14.8. The van der Waals surface area contributed by atoms with Crippen LogP contribution >= 0.6 is 0 Å². The summed E-state index contributed by atoms with van der Waals surface area (Å²) in [6.45, 7) is 17.3. The third kappa shape index (κ3) is 15.9. The van der Waals surface area contributed by atoms with Crippen LogP contribution in [0.2, 0.25) is 0 Å². The molecule has 0 aliphatic carbocycles. The van der Waals surface area contributed by atoms with Crippen molar-refractivity contribution in [2.45, 2.75) is 77.7 Å². The minimum atomic E-state index is -0.358. The molecule has 1 heterocycles. The highest BCUT2D eigenvalue weighted by Gasteiger charge is 2.18. The Hall–Kier alpha value is -3.38. The highest BCUT2D eigenvalue weighted by molar-refractivity contribution is 6.50. The maximum atomic E-state index is 13.6. The number of hydrogen-bond donors (Lipinski definition) is 1. The molecular formula is C35H50FN3O2. The van der Waals surface area contributed by atoms with Crippen LogP contribution < -0.4 is 0 Å². The van der Waals surface area contributed by atoms with Crippen LogP contribution in [0.1, 0.15) is 71.6 Å². The third-order valence-electron chi connectivity index (χ3n) is 6.55. The van der Waals surface area contributed by atoms with Gasteiger partial charge < -0.3 is 10.0 Å². The maximum absolute atomic E-state index is 13.6. The van der Waals surface area contributed by atoms with E-state index in [0.717, 1.165) is 63.6 Å². The number of amides is 1. The van der Waals surface area contributed by atoms with E-state index in [-0.39, 0.29) is 24.4 Å². The van der Waals surface area contributed by atoms with Gasteiger partial charge in [0.05, 0.1) is 17.5 Å². The van der Waals surface area contributed by atoms with Crippen LogP contribution in [0, 0.1) is 0 Å². The minimum absolute atomic E-state index is 0.0392. The molecule has 1 aliphatic heterocycles. The number of allylic oxidation sites excluding steroid dienone is 10. The lowest BCUT2D eigenvalue weighted by molar-refractivity contribution is -0.127. The van der Waals surface area contributed by atoms with Crippen LogP contribution in [0.5, 0.6) is 0 Å². The van der Waals surface area contributed by atoms with Crippen LogP contribution in [0.15, 0.2) is 107 Å². The van der Waals surface area contributed by atoms with Crippen molar-refractivity contribution in [3.63, 3.8) is 0 Å². The summed E-state index contributed by atoms with van der Waals surface area (Å²) in [4.78, 5) is 24.9. The number of unbranched alkanes of at least 4 members (excludes halogenated alkanes) is 1. The topological polar surface area (TPSA) is 65.3 Å². The third-order valence-corrected chi connectivity index (χ3v) is 6.55. The number of aliphatic hydroxyl groups excluding tert-OH is 1. The molecule has 1 unspecified atom stereocenters.